The van der Waals surface area contributed by atoms with Crippen LogP contribution < -0.4 is 5.32 Å². The number of benzene rings is 1. The van der Waals surface area contributed by atoms with E-state index in [1.165, 1.54) is 11.3 Å². The highest BCUT2D eigenvalue weighted by molar-refractivity contribution is 5.75. The second kappa shape index (κ2) is 6.16. The lowest BCUT2D eigenvalue weighted by atomic mass is 9.94. The summed E-state index contributed by atoms with van der Waals surface area (Å²) in [6, 6.07) is 8.82. The molecule has 1 saturated heterocycles. The second-order valence-electron chi connectivity index (χ2n) is 6.00. The maximum absolute atomic E-state index is 5.73. The molecule has 3 rings (SSSR count). The number of para-hydroxylation sites is 2. The third kappa shape index (κ3) is 2.83. The standard InChI is InChI=1S/C17H25N3O/c1-4-20-16-8-6-5-7-14(16)19-17(20)10-15(18-3)13-9-12(2)21-11-13/h5-8,12-13,15,18H,4,9-11H2,1-3H3. The average Bonchev–Trinajstić information content (AvgIpc) is 3.07. The van der Waals surface area contributed by atoms with Crippen LogP contribution >= 0.6 is 0 Å². The van der Waals surface area contributed by atoms with Crippen molar-refractivity contribution in [2.45, 2.75) is 45.4 Å². The largest absolute Gasteiger partial charge is 0.378 e. The number of nitrogens with zero attached hydrogens (tertiary/aromatic N) is 2. The summed E-state index contributed by atoms with van der Waals surface area (Å²) in [5.41, 5.74) is 2.33. The van der Waals surface area contributed by atoms with Crippen molar-refractivity contribution in [3.8, 4) is 0 Å². The molecule has 0 spiro atoms. The van der Waals surface area contributed by atoms with Gasteiger partial charge in [0, 0.05) is 24.9 Å². The number of ether oxygens (including phenoxy) is 1. The molecule has 1 aliphatic rings. The van der Waals surface area contributed by atoms with E-state index in [9.17, 15) is 0 Å². The lowest BCUT2D eigenvalue weighted by molar-refractivity contribution is 0.117. The molecular weight excluding hydrogens is 262 g/mol. The van der Waals surface area contributed by atoms with Gasteiger partial charge in [-0.1, -0.05) is 12.1 Å². The number of rotatable bonds is 5. The highest BCUT2D eigenvalue weighted by Crippen LogP contribution is 2.25. The van der Waals surface area contributed by atoms with E-state index in [2.05, 4.69) is 48.0 Å². The normalized spacial score (nSPS) is 23.8. The first-order valence-corrected chi connectivity index (χ1v) is 7.96. The van der Waals surface area contributed by atoms with Crippen molar-refractivity contribution < 1.29 is 4.74 Å². The van der Waals surface area contributed by atoms with Crippen molar-refractivity contribution in [2.75, 3.05) is 13.7 Å². The minimum Gasteiger partial charge on any atom is -0.378 e. The minimum absolute atomic E-state index is 0.385. The summed E-state index contributed by atoms with van der Waals surface area (Å²) < 4.78 is 8.07. The van der Waals surface area contributed by atoms with E-state index in [0.717, 1.165) is 31.5 Å². The molecule has 1 aromatic heterocycles. The Morgan fingerprint density at radius 2 is 2.24 bits per heavy atom. The molecule has 3 unspecified atom stereocenters. The number of hydrogen-bond acceptors (Lipinski definition) is 3. The molecule has 3 atom stereocenters. The number of imidazole rings is 1. The van der Waals surface area contributed by atoms with Crippen LogP contribution in [0.5, 0.6) is 0 Å². The van der Waals surface area contributed by atoms with Gasteiger partial charge >= 0.3 is 0 Å². The van der Waals surface area contributed by atoms with Gasteiger partial charge in [-0.25, -0.2) is 4.98 Å². The fourth-order valence-corrected chi connectivity index (χ4v) is 3.47. The van der Waals surface area contributed by atoms with Gasteiger partial charge < -0.3 is 14.6 Å². The van der Waals surface area contributed by atoms with Crippen LogP contribution in [0, 0.1) is 5.92 Å². The summed E-state index contributed by atoms with van der Waals surface area (Å²) in [5.74, 6) is 1.76. The van der Waals surface area contributed by atoms with Gasteiger partial charge in [-0.15, -0.1) is 0 Å². The summed E-state index contributed by atoms with van der Waals surface area (Å²) in [4.78, 5) is 4.84. The number of fused-ring (bicyclic) bond motifs is 1. The van der Waals surface area contributed by atoms with E-state index < -0.39 is 0 Å². The zero-order valence-electron chi connectivity index (χ0n) is 13.2. The van der Waals surface area contributed by atoms with E-state index in [1.807, 2.05) is 7.05 Å². The Morgan fingerprint density at radius 3 is 2.90 bits per heavy atom. The fraction of sp³-hybridized carbons (Fsp3) is 0.588. The topological polar surface area (TPSA) is 39.1 Å². The maximum Gasteiger partial charge on any atom is 0.111 e. The van der Waals surface area contributed by atoms with Crippen LogP contribution in [0.25, 0.3) is 11.0 Å². The molecule has 2 heterocycles. The van der Waals surface area contributed by atoms with E-state index in [4.69, 9.17) is 9.72 Å². The van der Waals surface area contributed by atoms with Gasteiger partial charge in [0.1, 0.15) is 5.82 Å². The van der Waals surface area contributed by atoms with Crippen molar-refractivity contribution in [1.29, 1.82) is 0 Å². The van der Waals surface area contributed by atoms with Crippen molar-refractivity contribution in [2.24, 2.45) is 5.92 Å². The first kappa shape index (κ1) is 14.5. The Kier molecular flexibility index (Phi) is 4.27. The average molecular weight is 287 g/mol. The van der Waals surface area contributed by atoms with Crippen LogP contribution in [0.15, 0.2) is 24.3 Å². The Hall–Kier alpha value is -1.39. The smallest absolute Gasteiger partial charge is 0.111 e. The predicted molar refractivity (Wildman–Crippen MR) is 85.5 cm³/mol. The Bertz CT molecular complexity index is 607. The monoisotopic (exact) mass is 287 g/mol. The SMILES string of the molecule is CCn1c(CC(NC)C2COC(C)C2)nc2ccccc21. The molecule has 2 aromatic rings. The first-order valence-electron chi connectivity index (χ1n) is 7.96. The number of likely N-dealkylation sites (N-methyl/N-ethyl adjacent to an activating group) is 1. The zero-order chi connectivity index (χ0) is 14.8. The Balaban J connectivity index is 1.86. The summed E-state index contributed by atoms with van der Waals surface area (Å²) in [5, 5.41) is 3.48. The summed E-state index contributed by atoms with van der Waals surface area (Å²) >= 11 is 0. The Morgan fingerprint density at radius 1 is 1.43 bits per heavy atom. The van der Waals surface area contributed by atoms with E-state index in [-0.39, 0.29) is 0 Å². The summed E-state index contributed by atoms with van der Waals surface area (Å²) in [7, 11) is 2.05. The van der Waals surface area contributed by atoms with E-state index in [0.29, 0.717) is 18.1 Å². The van der Waals surface area contributed by atoms with Gasteiger partial charge in [0.15, 0.2) is 0 Å². The number of hydrogen-bond donors (Lipinski definition) is 1. The van der Waals surface area contributed by atoms with Crippen molar-refractivity contribution >= 4 is 11.0 Å². The molecule has 0 radical (unpaired) electrons. The van der Waals surface area contributed by atoms with Crippen LogP contribution in [0.4, 0.5) is 0 Å². The number of aryl methyl sites for hydroxylation is 1. The summed E-state index contributed by atoms with van der Waals surface area (Å²) in [6.07, 6.45) is 2.48. The molecule has 114 valence electrons. The van der Waals surface area contributed by atoms with Gasteiger partial charge in [-0.05, 0) is 39.4 Å². The highest BCUT2D eigenvalue weighted by atomic mass is 16.5. The minimum atomic E-state index is 0.385. The van der Waals surface area contributed by atoms with E-state index in [1.54, 1.807) is 0 Å². The second-order valence-corrected chi connectivity index (χ2v) is 6.00. The van der Waals surface area contributed by atoms with Crippen LogP contribution in [0.3, 0.4) is 0 Å². The molecule has 0 bridgehead atoms. The molecule has 4 nitrogen and oxygen atoms in total. The maximum atomic E-state index is 5.73. The van der Waals surface area contributed by atoms with Crippen molar-refractivity contribution in [3.63, 3.8) is 0 Å². The van der Waals surface area contributed by atoms with Crippen molar-refractivity contribution in [1.82, 2.24) is 14.9 Å². The third-order valence-electron chi connectivity index (χ3n) is 4.62. The predicted octanol–water partition coefficient (Wildman–Crippen LogP) is 2.61. The van der Waals surface area contributed by atoms with Gasteiger partial charge in [0.25, 0.3) is 0 Å². The van der Waals surface area contributed by atoms with Crippen LogP contribution in [-0.2, 0) is 17.7 Å². The fourth-order valence-electron chi connectivity index (χ4n) is 3.47. The number of aromatic nitrogens is 2. The summed E-state index contributed by atoms with van der Waals surface area (Å²) in [6.45, 7) is 6.17. The number of nitrogens with one attached hydrogen (secondary N) is 1. The first-order chi connectivity index (χ1) is 10.2. The van der Waals surface area contributed by atoms with E-state index >= 15 is 0 Å². The van der Waals surface area contributed by atoms with Crippen LogP contribution in [0.1, 0.15) is 26.1 Å². The molecular formula is C17H25N3O. The molecule has 1 aromatic carbocycles. The Labute approximate surface area is 126 Å². The molecule has 21 heavy (non-hydrogen) atoms. The highest BCUT2D eigenvalue weighted by Gasteiger charge is 2.29. The molecule has 1 N–H and O–H groups in total. The zero-order valence-corrected chi connectivity index (χ0v) is 13.2. The molecule has 0 saturated carbocycles. The molecule has 1 fully saturated rings. The van der Waals surface area contributed by atoms with Gasteiger partial charge in [-0.2, -0.15) is 0 Å². The van der Waals surface area contributed by atoms with Gasteiger partial charge in [0.05, 0.1) is 23.7 Å². The molecule has 0 aliphatic carbocycles. The lowest BCUT2D eigenvalue weighted by Gasteiger charge is -2.22. The van der Waals surface area contributed by atoms with Gasteiger partial charge in [0.2, 0.25) is 0 Å². The lowest BCUT2D eigenvalue weighted by Crippen LogP contribution is -2.36. The van der Waals surface area contributed by atoms with Gasteiger partial charge in [-0.3, -0.25) is 0 Å². The molecule has 4 heteroatoms. The molecule has 1 aliphatic heterocycles. The van der Waals surface area contributed by atoms with Crippen molar-refractivity contribution in [3.05, 3.63) is 30.1 Å². The van der Waals surface area contributed by atoms with Crippen LogP contribution in [0.2, 0.25) is 0 Å². The molecule has 0 amide bonds. The third-order valence-corrected chi connectivity index (χ3v) is 4.62. The quantitative estimate of drug-likeness (QED) is 0.919. The van der Waals surface area contributed by atoms with Crippen LogP contribution in [-0.4, -0.2) is 35.4 Å².